The van der Waals surface area contributed by atoms with Gasteiger partial charge in [-0.2, -0.15) is 17.5 Å². The molecule has 1 aromatic carbocycles. The van der Waals surface area contributed by atoms with Gasteiger partial charge in [0.15, 0.2) is 0 Å². The normalized spacial score (nSPS) is 21.6. The van der Waals surface area contributed by atoms with Crippen LogP contribution in [0.5, 0.6) is 0 Å². The van der Waals surface area contributed by atoms with Crippen LogP contribution in [0.4, 0.5) is 13.2 Å². The molecule has 2 saturated heterocycles. The monoisotopic (exact) mass is 384 g/mol. The molecule has 3 rings (SSSR count). The smallest absolute Gasteiger partial charge is 0.317 e. The summed E-state index contributed by atoms with van der Waals surface area (Å²) in [4.78, 5) is -0.640. The van der Waals surface area contributed by atoms with Crippen molar-refractivity contribution in [1.29, 1.82) is 0 Å². The van der Waals surface area contributed by atoms with Crippen LogP contribution in [0.2, 0.25) is 0 Å². The molecule has 24 heavy (non-hydrogen) atoms. The molecule has 2 aliphatic heterocycles. The topological polar surface area (TPSA) is 49.4 Å². The maximum Gasteiger partial charge on any atom is 0.417 e. The molecular weight excluding hydrogens is 365 g/mol. The number of halogens is 4. The number of nitrogens with one attached hydrogen (secondary N) is 1. The molecule has 0 radical (unpaired) electrons. The lowest BCUT2D eigenvalue weighted by molar-refractivity contribution is -0.139. The highest BCUT2D eigenvalue weighted by Crippen LogP contribution is 2.42. The van der Waals surface area contributed by atoms with E-state index in [4.69, 9.17) is 0 Å². The largest absolute Gasteiger partial charge is 0.417 e. The van der Waals surface area contributed by atoms with Gasteiger partial charge in [-0.3, -0.25) is 0 Å². The molecule has 0 saturated carbocycles. The fraction of sp³-hybridized carbons (Fsp3) is 0.600. The molecule has 2 heterocycles. The minimum Gasteiger partial charge on any atom is -0.317 e. The zero-order chi connectivity index (χ0) is 16.7. The van der Waals surface area contributed by atoms with Crippen LogP contribution >= 0.6 is 12.4 Å². The molecule has 1 aromatic rings. The first-order valence-electron chi connectivity index (χ1n) is 7.62. The second-order valence-electron chi connectivity index (χ2n) is 6.33. The number of hydrogen-bond acceptors (Lipinski definition) is 3. The van der Waals surface area contributed by atoms with Crippen LogP contribution < -0.4 is 5.32 Å². The molecular formula is C15H20ClF3N2O2S. The number of sulfonamides is 1. The van der Waals surface area contributed by atoms with Crippen LogP contribution in [-0.2, 0) is 16.2 Å². The van der Waals surface area contributed by atoms with E-state index >= 15 is 0 Å². The van der Waals surface area contributed by atoms with Gasteiger partial charge >= 0.3 is 6.18 Å². The van der Waals surface area contributed by atoms with Gasteiger partial charge in [-0.1, -0.05) is 12.1 Å². The Bertz CT molecular complexity index is 688. The highest BCUT2D eigenvalue weighted by Gasteiger charge is 2.45. The van der Waals surface area contributed by atoms with Gasteiger partial charge in [0, 0.05) is 13.1 Å². The summed E-state index contributed by atoms with van der Waals surface area (Å²) in [5.74, 6) is 0. The van der Waals surface area contributed by atoms with E-state index in [1.807, 2.05) is 0 Å². The van der Waals surface area contributed by atoms with Crippen molar-refractivity contribution in [3.63, 3.8) is 0 Å². The average Bonchev–Trinajstić information content (AvgIpc) is 2.91. The Morgan fingerprint density at radius 2 is 1.71 bits per heavy atom. The Labute approximate surface area is 145 Å². The van der Waals surface area contributed by atoms with E-state index < -0.39 is 26.7 Å². The summed E-state index contributed by atoms with van der Waals surface area (Å²) in [6.07, 6.45) is -2.25. The lowest BCUT2D eigenvalue weighted by Crippen LogP contribution is -2.40. The Hall–Kier alpha value is -0.830. The summed E-state index contributed by atoms with van der Waals surface area (Å²) < 4.78 is 66.1. The van der Waals surface area contributed by atoms with Gasteiger partial charge in [-0.15, -0.1) is 12.4 Å². The minimum atomic E-state index is -4.68. The zero-order valence-electron chi connectivity index (χ0n) is 13.0. The van der Waals surface area contributed by atoms with E-state index in [-0.39, 0.29) is 24.4 Å². The number of rotatable bonds is 2. The molecule has 0 amide bonds. The van der Waals surface area contributed by atoms with E-state index in [1.165, 1.54) is 16.4 Å². The van der Waals surface area contributed by atoms with Crippen LogP contribution in [0.15, 0.2) is 29.2 Å². The Balaban J connectivity index is 0.00000208. The number of alkyl halides is 3. The van der Waals surface area contributed by atoms with Crippen molar-refractivity contribution in [2.75, 3.05) is 26.2 Å². The highest BCUT2D eigenvalue weighted by molar-refractivity contribution is 7.89. The van der Waals surface area contributed by atoms with Crippen molar-refractivity contribution in [2.24, 2.45) is 5.41 Å². The maximum absolute atomic E-state index is 13.1. The minimum absolute atomic E-state index is 0. The average molecular weight is 385 g/mol. The molecule has 136 valence electrons. The van der Waals surface area contributed by atoms with Gasteiger partial charge in [-0.25, -0.2) is 8.42 Å². The molecule has 1 spiro atoms. The quantitative estimate of drug-likeness (QED) is 0.853. The summed E-state index contributed by atoms with van der Waals surface area (Å²) in [7, 11) is -4.13. The Morgan fingerprint density at radius 1 is 1.08 bits per heavy atom. The first-order valence-corrected chi connectivity index (χ1v) is 9.06. The van der Waals surface area contributed by atoms with E-state index in [0.717, 1.165) is 38.1 Å². The highest BCUT2D eigenvalue weighted by atomic mass is 35.5. The third-order valence-corrected chi connectivity index (χ3v) is 6.78. The van der Waals surface area contributed by atoms with Crippen molar-refractivity contribution in [3.8, 4) is 0 Å². The van der Waals surface area contributed by atoms with Crippen molar-refractivity contribution in [3.05, 3.63) is 29.8 Å². The van der Waals surface area contributed by atoms with E-state index in [1.54, 1.807) is 0 Å². The van der Waals surface area contributed by atoms with Crippen LogP contribution in [-0.4, -0.2) is 38.9 Å². The van der Waals surface area contributed by atoms with Crippen LogP contribution in [0.25, 0.3) is 0 Å². The van der Waals surface area contributed by atoms with E-state index in [2.05, 4.69) is 5.32 Å². The summed E-state index contributed by atoms with van der Waals surface area (Å²) in [5, 5.41) is 3.23. The molecule has 1 N–H and O–H groups in total. The maximum atomic E-state index is 13.1. The molecule has 0 bridgehead atoms. The second-order valence-corrected chi connectivity index (χ2v) is 8.24. The van der Waals surface area contributed by atoms with Gasteiger partial charge in [0.2, 0.25) is 10.0 Å². The van der Waals surface area contributed by atoms with Gasteiger partial charge in [-0.05, 0) is 49.9 Å². The lowest BCUT2D eigenvalue weighted by atomic mass is 9.78. The molecule has 0 aliphatic carbocycles. The standard InChI is InChI=1S/C15H19F3N2O2S.ClH/c16-15(17,18)12-3-1-2-4-13(12)23(21,22)20-10-7-14(11-20)5-8-19-9-6-14;/h1-4,19H,5-11H2;1H. The predicted molar refractivity (Wildman–Crippen MR) is 86.6 cm³/mol. The molecule has 2 aliphatic rings. The number of hydrogen-bond donors (Lipinski definition) is 1. The fourth-order valence-electron chi connectivity index (χ4n) is 3.53. The summed E-state index contributed by atoms with van der Waals surface area (Å²) in [6.45, 7) is 2.25. The first-order chi connectivity index (χ1) is 10.7. The Morgan fingerprint density at radius 3 is 2.33 bits per heavy atom. The SMILES string of the molecule is Cl.O=S(=O)(c1ccccc1C(F)(F)F)N1CCC2(CCNCC2)C1. The van der Waals surface area contributed by atoms with E-state index in [0.29, 0.717) is 13.0 Å². The molecule has 2 fully saturated rings. The van der Waals surface area contributed by atoms with Gasteiger partial charge in [0.25, 0.3) is 0 Å². The first kappa shape index (κ1) is 19.5. The number of piperidine rings is 1. The van der Waals surface area contributed by atoms with Crippen molar-refractivity contribution >= 4 is 22.4 Å². The second kappa shape index (κ2) is 6.82. The number of benzene rings is 1. The van der Waals surface area contributed by atoms with Crippen LogP contribution in [0, 0.1) is 5.41 Å². The molecule has 0 unspecified atom stereocenters. The third-order valence-electron chi connectivity index (χ3n) is 4.88. The fourth-order valence-corrected chi connectivity index (χ4v) is 5.30. The Kier molecular flexibility index (Phi) is 5.54. The number of nitrogens with zero attached hydrogens (tertiary/aromatic N) is 1. The summed E-state index contributed by atoms with van der Waals surface area (Å²) in [6, 6.07) is 4.41. The lowest BCUT2D eigenvalue weighted by Gasteiger charge is -2.33. The molecule has 0 aromatic heterocycles. The summed E-state index contributed by atoms with van der Waals surface area (Å²) in [5.41, 5.74) is -1.18. The van der Waals surface area contributed by atoms with Gasteiger partial charge in [0.1, 0.15) is 0 Å². The predicted octanol–water partition coefficient (Wildman–Crippen LogP) is 2.89. The zero-order valence-corrected chi connectivity index (χ0v) is 14.6. The van der Waals surface area contributed by atoms with Gasteiger partial charge in [0.05, 0.1) is 10.5 Å². The van der Waals surface area contributed by atoms with Crippen molar-refractivity contribution in [1.82, 2.24) is 9.62 Å². The summed E-state index contributed by atoms with van der Waals surface area (Å²) >= 11 is 0. The molecule has 4 nitrogen and oxygen atoms in total. The van der Waals surface area contributed by atoms with Crippen molar-refractivity contribution < 1.29 is 21.6 Å². The van der Waals surface area contributed by atoms with Crippen LogP contribution in [0.1, 0.15) is 24.8 Å². The molecule has 9 heteroatoms. The van der Waals surface area contributed by atoms with E-state index in [9.17, 15) is 21.6 Å². The third kappa shape index (κ3) is 3.56. The van der Waals surface area contributed by atoms with Gasteiger partial charge < -0.3 is 5.32 Å². The van der Waals surface area contributed by atoms with Crippen LogP contribution in [0.3, 0.4) is 0 Å². The molecule has 0 atom stereocenters. The van der Waals surface area contributed by atoms with Crippen molar-refractivity contribution in [2.45, 2.75) is 30.3 Å².